The van der Waals surface area contributed by atoms with Gasteiger partial charge in [0.1, 0.15) is 5.82 Å². The fourth-order valence-electron chi connectivity index (χ4n) is 2.75. The molecule has 1 aliphatic carbocycles. The van der Waals surface area contributed by atoms with E-state index < -0.39 is 0 Å². The topological polar surface area (TPSA) is 74.2 Å². The molecular formula is C13H21N3O. The van der Waals surface area contributed by atoms with Gasteiger partial charge in [-0.1, -0.05) is 12.8 Å². The molecule has 94 valence electrons. The van der Waals surface area contributed by atoms with E-state index in [4.69, 9.17) is 16.2 Å². The van der Waals surface area contributed by atoms with Crippen molar-refractivity contribution in [2.75, 3.05) is 12.8 Å². The molecule has 1 fully saturated rings. The van der Waals surface area contributed by atoms with Crippen LogP contribution in [0.3, 0.4) is 0 Å². The molecule has 0 radical (unpaired) electrons. The highest BCUT2D eigenvalue weighted by molar-refractivity contribution is 5.44. The molecule has 2 rings (SSSR count). The van der Waals surface area contributed by atoms with E-state index in [0.717, 1.165) is 24.0 Å². The zero-order chi connectivity index (χ0) is 12.5. The highest BCUT2D eigenvalue weighted by Gasteiger charge is 2.41. The summed E-state index contributed by atoms with van der Waals surface area (Å²) in [7, 11) is 1.74. The van der Waals surface area contributed by atoms with Gasteiger partial charge in [-0.3, -0.25) is 0 Å². The Bertz CT molecular complexity index is 400. The van der Waals surface area contributed by atoms with E-state index in [1.807, 2.05) is 13.0 Å². The van der Waals surface area contributed by atoms with Crippen molar-refractivity contribution >= 4 is 5.82 Å². The van der Waals surface area contributed by atoms with Crippen LogP contribution in [0.4, 0.5) is 5.82 Å². The fourth-order valence-corrected chi connectivity index (χ4v) is 2.75. The Balaban J connectivity index is 2.35. The Morgan fingerprint density at radius 3 is 2.65 bits per heavy atom. The maximum absolute atomic E-state index is 6.37. The van der Waals surface area contributed by atoms with Gasteiger partial charge in [0.2, 0.25) is 0 Å². The van der Waals surface area contributed by atoms with Gasteiger partial charge in [-0.2, -0.15) is 0 Å². The summed E-state index contributed by atoms with van der Waals surface area (Å²) in [6, 6.07) is 1.83. The Labute approximate surface area is 102 Å². The van der Waals surface area contributed by atoms with E-state index >= 15 is 0 Å². The normalized spacial score (nSPS) is 20.4. The maximum atomic E-state index is 6.37. The number of nitrogens with two attached hydrogens (primary N) is 2. The number of methoxy groups -OCH3 is 1. The summed E-state index contributed by atoms with van der Waals surface area (Å²) in [6.07, 6.45) is 6.09. The van der Waals surface area contributed by atoms with Crippen molar-refractivity contribution in [2.24, 2.45) is 5.73 Å². The zero-order valence-corrected chi connectivity index (χ0v) is 10.6. The molecule has 1 aromatic rings. The molecule has 0 aliphatic heterocycles. The van der Waals surface area contributed by atoms with Crippen LogP contribution in [0.1, 0.15) is 42.9 Å². The lowest BCUT2D eigenvalue weighted by Gasteiger charge is -2.34. The predicted molar refractivity (Wildman–Crippen MR) is 68.5 cm³/mol. The van der Waals surface area contributed by atoms with E-state index in [-0.39, 0.29) is 11.6 Å². The third-order valence-electron chi connectivity index (χ3n) is 3.84. The van der Waals surface area contributed by atoms with Crippen molar-refractivity contribution in [3.8, 4) is 0 Å². The highest BCUT2D eigenvalue weighted by atomic mass is 16.5. The van der Waals surface area contributed by atoms with Gasteiger partial charge < -0.3 is 16.2 Å². The van der Waals surface area contributed by atoms with Crippen molar-refractivity contribution in [1.82, 2.24) is 4.98 Å². The van der Waals surface area contributed by atoms with Crippen LogP contribution in [0.5, 0.6) is 0 Å². The van der Waals surface area contributed by atoms with E-state index in [2.05, 4.69) is 4.98 Å². The van der Waals surface area contributed by atoms with Gasteiger partial charge >= 0.3 is 0 Å². The van der Waals surface area contributed by atoms with Crippen molar-refractivity contribution in [3.63, 3.8) is 0 Å². The van der Waals surface area contributed by atoms with Crippen molar-refractivity contribution in [2.45, 2.75) is 44.2 Å². The van der Waals surface area contributed by atoms with Gasteiger partial charge in [-0.15, -0.1) is 0 Å². The molecule has 17 heavy (non-hydrogen) atoms. The van der Waals surface area contributed by atoms with Crippen LogP contribution in [-0.2, 0) is 4.74 Å². The average molecular weight is 235 g/mol. The summed E-state index contributed by atoms with van der Waals surface area (Å²) in [5, 5.41) is 0. The van der Waals surface area contributed by atoms with Gasteiger partial charge in [-0.25, -0.2) is 4.98 Å². The van der Waals surface area contributed by atoms with Crippen LogP contribution >= 0.6 is 0 Å². The quantitative estimate of drug-likeness (QED) is 0.839. The number of anilines is 1. The molecule has 0 aromatic carbocycles. The molecule has 1 unspecified atom stereocenters. The summed E-state index contributed by atoms with van der Waals surface area (Å²) in [5.74, 6) is 0.520. The van der Waals surface area contributed by atoms with Crippen molar-refractivity contribution in [3.05, 3.63) is 23.4 Å². The molecule has 1 heterocycles. The van der Waals surface area contributed by atoms with Crippen molar-refractivity contribution in [1.29, 1.82) is 0 Å². The van der Waals surface area contributed by atoms with E-state index in [9.17, 15) is 0 Å². The minimum atomic E-state index is -0.260. The number of hydrogen-bond donors (Lipinski definition) is 2. The number of hydrogen-bond acceptors (Lipinski definition) is 4. The second-order valence-corrected chi connectivity index (χ2v) is 4.94. The van der Waals surface area contributed by atoms with Crippen LogP contribution in [0.25, 0.3) is 0 Å². The average Bonchev–Trinajstić information content (AvgIpc) is 2.81. The lowest BCUT2D eigenvalue weighted by molar-refractivity contribution is -0.0263. The molecule has 4 N–H and O–H groups in total. The largest absolute Gasteiger partial charge is 0.383 e. The first-order valence-electron chi connectivity index (χ1n) is 6.12. The van der Waals surface area contributed by atoms with Crippen LogP contribution in [0.15, 0.2) is 12.3 Å². The summed E-state index contributed by atoms with van der Waals surface area (Å²) in [6.45, 7) is 2.00. The Morgan fingerprint density at radius 1 is 1.41 bits per heavy atom. The summed E-state index contributed by atoms with van der Waals surface area (Å²) in [5.41, 5.74) is 14.0. The molecule has 4 heteroatoms. The van der Waals surface area contributed by atoms with E-state index in [1.54, 1.807) is 13.3 Å². The number of nitrogens with zero attached hydrogens (tertiary/aromatic N) is 1. The molecule has 1 aromatic heterocycles. The summed E-state index contributed by atoms with van der Waals surface area (Å²) < 4.78 is 5.70. The molecule has 1 saturated carbocycles. The summed E-state index contributed by atoms with van der Waals surface area (Å²) >= 11 is 0. The second kappa shape index (κ2) is 4.63. The Kier molecular flexibility index (Phi) is 3.35. The molecule has 0 amide bonds. The van der Waals surface area contributed by atoms with E-state index in [1.165, 1.54) is 12.8 Å². The molecule has 4 nitrogen and oxygen atoms in total. The van der Waals surface area contributed by atoms with Crippen LogP contribution in [-0.4, -0.2) is 17.7 Å². The lowest BCUT2D eigenvalue weighted by Crippen LogP contribution is -2.41. The van der Waals surface area contributed by atoms with Gasteiger partial charge in [0, 0.05) is 18.9 Å². The third kappa shape index (κ3) is 2.15. The molecular weight excluding hydrogens is 214 g/mol. The van der Waals surface area contributed by atoms with Gasteiger partial charge in [-0.05, 0) is 31.4 Å². The first kappa shape index (κ1) is 12.3. The lowest BCUT2D eigenvalue weighted by atomic mass is 9.87. The number of nitrogen functional groups attached to an aromatic ring is 1. The first-order valence-corrected chi connectivity index (χ1v) is 6.12. The maximum Gasteiger partial charge on any atom is 0.128 e. The monoisotopic (exact) mass is 235 g/mol. The third-order valence-corrected chi connectivity index (χ3v) is 3.84. The van der Waals surface area contributed by atoms with Crippen LogP contribution in [0, 0.1) is 6.92 Å². The standard InChI is InChI=1S/C13H21N3O/c1-9-7-10(12(15)16-8-9)11(14)13(17-2)5-3-4-6-13/h7-8,11H,3-6,14H2,1-2H3,(H2,15,16). The number of ether oxygens (including phenoxy) is 1. The molecule has 1 aliphatic rings. The van der Waals surface area contributed by atoms with Crippen LogP contribution < -0.4 is 11.5 Å². The predicted octanol–water partition coefficient (Wildman–Crippen LogP) is 1.93. The molecule has 0 saturated heterocycles. The fraction of sp³-hybridized carbons (Fsp3) is 0.615. The SMILES string of the molecule is COC1(C(N)c2cc(C)cnc2N)CCCC1. The Hall–Kier alpha value is -1.13. The van der Waals surface area contributed by atoms with Gasteiger partial charge in [0.15, 0.2) is 0 Å². The Morgan fingerprint density at radius 2 is 2.06 bits per heavy atom. The minimum absolute atomic E-state index is 0.192. The van der Waals surface area contributed by atoms with E-state index in [0.29, 0.717) is 5.82 Å². The summed E-state index contributed by atoms with van der Waals surface area (Å²) in [4.78, 5) is 4.18. The smallest absolute Gasteiger partial charge is 0.128 e. The number of pyridine rings is 1. The zero-order valence-electron chi connectivity index (χ0n) is 10.6. The van der Waals surface area contributed by atoms with Gasteiger partial charge in [0.05, 0.1) is 11.6 Å². The minimum Gasteiger partial charge on any atom is -0.383 e. The molecule has 0 bridgehead atoms. The number of aromatic nitrogens is 1. The highest BCUT2D eigenvalue weighted by Crippen LogP contribution is 2.42. The number of rotatable bonds is 3. The first-order chi connectivity index (χ1) is 8.09. The van der Waals surface area contributed by atoms with Gasteiger partial charge in [0.25, 0.3) is 0 Å². The molecule has 0 spiro atoms. The number of aryl methyl sites for hydroxylation is 1. The molecule has 1 atom stereocenters. The second-order valence-electron chi connectivity index (χ2n) is 4.94. The van der Waals surface area contributed by atoms with Crippen LogP contribution in [0.2, 0.25) is 0 Å². The van der Waals surface area contributed by atoms with Crippen molar-refractivity contribution < 1.29 is 4.74 Å².